The topological polar surface area (TPSA) is 233 Å². The Bertz CT molecular complexity index is 1790. The average Bonchev–Trinajstić information content (AvgIpc) is 3.80. The fourth-order valence-corrected chi connectivity index (χ4v) is 8.67. The molecule has 2 aromatic rings. The van der Waals surface area contributed by atoms with Gasteiger partial charge in [0.05, 0.1) is 28.1 Å². The maximum absolute atomic E-state index is 14.8. The van der Waals surface area contributed by atoms with Gasteiger partial charge in [-0.3, -0.25) is 24.0 Å². The predicted molar refractivity (Wildman–Crippen MR) is 191 cm³/mol. The number of carbonyl (C=O) groups is 5. The number of nitrogens with two attached hydrogens (primary N) is 1. The number of aliphatic hydroxyl groups is 1. The standard InChI is InChI=1S/C36H51N7O9S/c1-22(2)53(50,51)26-12-10-24(11-13-26)32(46)39-27(18-23-8-6-5-7-9-23)34(48)42-21-25(43-29(20-38-41-43)35(3,4)49)19-28(42)33(47)40-36(30(44)31(37)45)14-16-52-17-15-36/h10-13,20,22-23,25,27-28,49H,5-9,14-19,21H2,1-4H3,(H2,37,45)(H,39,46)(H,40,47)/t25-,27+,28-/m0/s1. The summed E-state index contributed by atoms with van der Waals surface area (Å²) < 4.78 is 32.3. The van der Waals surface area contributed by atoms with E-state index in [1.54, 1.807) is 27.7 Å². The Kier molecular flexibility index (Phi) is 12.1. The molecule has 3 aliphatic rings. The summed E-state index contributed by atoms with van der Waals surface area (Å²) in [7, 11) is -3.57. The Morgan fingerprint density at radius 3 is 2.28 bits per heavy atom. The number of sulfone groups is 1. The average molecular weight is 758 g/mol. The number of carbonyl (C=O) groups excluding carboxylic acids is 5. The zero-order valence-electron chi connectivity index (χ0n) is 30.7. The van der Waals surface area contributed by atoms with Gasteiger partial charge in [0.15, 0.2) is 9.84 Å². The molecule has 0 bridgehead atoms. The van der Waals surface area contributed by atoms with Gasteiger partial charge in [-0.1, -0.05) is 37.3 Å². The maximum Gasteiger partial charge on any atom is 0.287 e. The summed E-state index contributed by atoms with van der Waals surface area (Å²) in [6.45, 7) is 6.43. The summed E-state index contributed by atoms with van der Waals surface area (Å²) in [5, 5.41) is 24.0. The van der Waals surface area contributed by atoms with Crippen LogP contribution in [0.15, 0.2) is 35.4 Å². The number of hydrogen-bond acceptors (Lipinski definition) is 11. The summed E-state index contributed by atoms with van der Waals surface area (Å²) in [4.78, 5) is 69.5. The van der Waals surface area contributed by atoms with Gasteiger partial charge in [0, 0.05) is 44.6 Å². The highest BCUT2D eigenvalue weighted by molar-refractivity contribution is 7.92. The van der Waals surface area contributed by atoms with Gasteiger partial charge < -0.3 is 31.1 Å². The van der Waals surface area contributed by atoms with E-state index in [2.05, 4.69) is 20.9 Å². The highest BCUT2D eigenvalue weighted by Crippen LogP contribution is 2.34. The van der Waals surface area contributed by atoms with Crippen molar-refractivity contribution in [2.75, 3.05) is 19.8 Å². The largest absolute Gasteiger partial charge is 0.384 e. The van der Waals surface area contributed by atoms with Crippen LogP contribution in [0.1, 0.15) is 108 Å². The lowest BCUT2D eigenvalue weighted by Crippen LogP contribution is -2.64. The molecule has 53 heavy (non-hydrogen) atoms. The molecule has 290 valence electrons. The van der Waals surface area contributed by atoms with E-state index in [0.29, 0.717) is 12.1 Å². The molecule has 3 atom stereocenters. The Labute approximate surface area is 309 Å². The first-order chi connectivity index (χ1) is 24.9. The van der Waals surface area contributed by atoms with Gasteiger partial charge in [0.25, 0.3) is 11.8 Å². The van der Waals surface area contributed by atoms with Gasteiger partial charge >= 0.3 is 0 Å². The Balaban J connectivity index is 1.48. The third-order valence-corrected chi connectivity index (χ3v) is 12.9. The van der Waals surface area contributed by atoms with Crippen LogP contribution in [-0.2, 0) is 39.4 Å². The molecule has 0 radical (unpaired) electrons. The molecule has 3 heterocycles. The number of rotatable bonds is 13. The molecule has 1 aliphatic carbocycles. The second-order valence-corrected chi connectivity index (χ2v) is 17.8. The number of hydrogen-bond donors (Lipinski definition) is 4. The number of nitrogens with zero attached hydrogens (tertiary/aromatic N) is 4. The molecule has 1 saturated carbocycles. The lowest BCUT2D eigenvalue weighted by atomic mass is 9.84. The molecule has 1 aromatic heterocycles. The van der Waals surface area contributed by atoms with Crippen molar-refractivity contribution in [3.63, 3.8) is 0 Å². The maximum atomic E-state index is 14.8. The highest BCUT2D eigenvalue weighted by atomic mass is 32.2. The Morgan fingerprint density at radius 2 is 1.70 bits per heavy atom. The third kappa shape index (κ3) is 8.78. The number of benzene rings is 1. The van der Waals surface area contributed by atoms with Crippen LogP contribution in [0.2, 0.25) is 0 Å². The number of primary amides is 1. The molecule has 1 aromatic carbocycles. The van der Waals surface area contributed by atoms with Crippen molar-refractivity contribution >= 4 is 39.2 Å². The number of Topliss-reactive ketones (excluding diaryl/α,β-unsaturated/α-hetero) is 1. The zero-order valence-corrected chi connectivity index (χ0v) is 31.6. The molecule has 4 amide bonds. The molecular weight excluding hydrogens is 707 g/mol. The summed E-state index contributed by atoms with van der Waals surface area (Å²) in [5.74, 6) is -3.84. The normalized spacial score (nSPS) is 21.6. The van der Waals surface area contributed by atoms with Crippen LogP contribution >= 0.6 is 0 Å². The Hall–Kier alpha value is -4.22. The predicted octanol–water partition coefficient (Wildman–Crippen LogP) is 1.32. The van der Waals surface area contributed by atoms with E-state index in [1.807, 2.05) is 0 Å². The fraction of sp³-hybridized carbons (Fsp3) is 0.639. The number of aromatic nitrogens is 3. The van der Waals surface area contributed by atoms with Crippen LogP contribution in [0, 0.1) is 5.92 Å². The van der Waals surface area contributed by atoms with E-state index in [9.17, 15) is 37.5 Å². The minimum atomic E-state index is -3.57. The van der Waals surface area contributed by atoms with Crippen LogP contribution < -0.4 is 16.4 Å². The fourth-order valence-electron chi connectivity index (χ4n) is 7.61. The summed E-state index contributed by atoms with van der Waals surface area (Å²) >= 11 is 0. The van der Waals surface area contributed by atoms with Crippen LogP contribution in [0.3, 0.4) is 0 Å². The van der Waals surface area contributed by atoms with Crippen LogP contribution in [0.5, 0.6) is 0 Å². The van der Waals surface area contributed by atoms with Crippen LogP contribution in [0.25, 0.3) is 0 Å². The molecule has 5 N–H and O–H groups in total. The van der Waals surface area contributed by atoms with Gasteiger partial charge in [-0.25, -0.2) is 13.1 Å². The number of ether oxygens (including phenoxy) is 1. The molecule has 16 nitrogen and oxygen atoms in total. The summed E-state index contributed by atoms with van der Waals surface area (Å²) in [6.07, 6.45) is 6.51. The first-order valence-corrected chi connectivity index (χ1v) is 19.8. The minimum Gasteiger partial charge on any atom is -0.384 e. The van der Waals surface area contributed by atoms with Crippen molar-refractivity contribution in [1.29, 1.82) is 0 Å². The number of likely N-dealkylation sites (tertiary alicyclic amines) is 1. The molecule has 0 unspecified atom stereocenters. The second kappa shape index (κ2) is 16.0. The molecule has 3 fully saturated rings. The monoisotopic (exact) mass is 757 g/mol. The number of ketones is 1. The Morgan fingerprint density at radius 1 is 1.06 bits per heavy atom. The lowest BCUT2D eigenvalue weighted by Gasteiger charge is -2.37. The lowest BCUT2D eigenvalue weighted by molar-refractivity contribution is -0.147. The van der Waals surface area contributed by atoms with Crippen molar-refractivity contribution in [2.24, 2.45) is 11.7 Å². The molecule has 5 rings (SSSR count). The van der Waals surface area contributed by atoms with Gasteiger partial charge in [-0.2, -0.15) is 0 Å². The number of amides is 4. The van der Waals surface area contributed by atoms with E-state index < -0.39 is 73.8 Å². The van der Waals surface area contributed by atoms with E-state index in [4.69, 9.17) is 10.5 Å². The van der Waals surface area contributed by atoms with Crippen molar-refractivity contribution in [3.05, 3.63) is 41.7 Å². The van der Waals surface area contributed by atoms with Crippen LogP contribution in [0.4, 0.5) is 0 Å². The number of nitrogens with one attached hydrogen (secondary N) is 2. The molecular formula is C36H51N7O9S. The van der Waals surface area contributed by atoms with Crippen molar-refractivity contribution in [3.8, 4) is 0 Å². The first-order valence-electron chi connectivity index (χ1n) is 18.3. The molecule has 2 aliphatic heterocycles. The third-order valence-electron chi connectivity index (χ3n) is 10.7. The zero-order chi connectivity index (χ0) is 38.7. The van der Waals surface area contributed by atoms with Gasteiger partial charge in [-0.15, -0.1) is 5.10 Å². The van der Waals surface area contributed by atoms with Crippen LogP contribution in [-0.4, -0.2) is 105 Å². The van der Waals surface area contributed by atoms with Gasteiger partial charge in [0.1, 0.15) is 23.2 Å². The summed E-state index contributed by atoms with van der Waals surface area (Å²) in [5.41, 5.74) is 2.94. The van der Waals surface area contributed by atoms with Crippen molar-refractivity contribution in [2.45, 2.75) is 125 Å². The SMILES string of the molecule is CC(C)S(=O)(=O)c1ccc(C(=O)N[C@H](CC2CCCCC2)C(=O)N2C[C@@H](n3nncc3C(C)(C)O)C[C@H]2C(=O)NC2(C(=O)C(N)=O)CCOCC2)cc1. The highest BCUT2D eigenvalue weighted by Gasteiger charge is 2.49. The molecule has 2 saturated heterocycles. The molecule has 17 heteroatoms. The van der Waals surface area contributed by atoms with Crippen molar-refractivity contribution < 1.29 is 42.2 Å². The van der Waals surface area contributed by atoms with Gasteiger partial charge in [0.2, 0.25) is 17.6 Å². The van der Waals surface area contributed by atoms with Crippen molar-refractivity contribution in [1.82, 2.24) is 30.5 Å². The smallest absolute Gasteiger partial charge is 0.287 e. The van der Waals surface area contributed by atoms with Gasteiger partial charge in [-0.05, 0) is 64.3 Å². The quantitative estimate of drug-likeness (QED) is 0.213. The van der Waals surface area contributed by atoms with E-state index in [-0.39, 0.29) is 55.4 Å². The second-order valence-electron chi connectivity index (χ2n) is 15.3. The van der Waals surface area contributed by atoms with E-state index >= 15 is 0 Å². The van der Waals surface area contributed by atoms with E-state index in [1.165, 1.54) is 40.0 Å². The first kappa shape index (κ1) is 40.0. The molecule has 0 spiro atoms. The van der Waals surface area contributed by atoms with E-state index in [0.717, 1.165) is 32.1 Å². The summed E-state index contributed by atoms with van der Waals surface area (Å²) in [6, 6.07) is 2.68. The minimum absolute atomic E-state index is 0.00809.